The zero-order valence-electron chi connectivity index (χ0n) is 11.4. The normalized spacial score (nSPS) is 12.0. The van der Waals surface area contributed by atoms with Crippen molar-refractivity contribution in [1.29, 1.82) is 0 Å². The smallest absolute Gasteiger partial charge is 0.101 e. The molecule has 4 heteroatoms. The monoisotopic (exact) mass is 293 g/mol. The fraction of sp³-hybridized carbons (Fsp3) is 0.0588. The zero-order chi connectivity index (χ0) is 14.7. The number of rotatable bonds is 3. The minimum Gasteiger partial charge on any atom is -0.348 e. The van der Waals surface area contributed by atoms with Crippen LogP contribution in [0.15, 0.2) is 67.0 Å². The number of pyridine rings is 1. The lowest BCUT2D eigenvalue weighted by atomic mass is 10.1. The molecule has 2 aromatic carbocycles. The molecule has 0 bridgehead atoms. The van der Waals surface area contributed by atoms with Crippen molar-refractivity contribution < 1.29 is 0 Å². The summed E-state index contributed by atoms with van der Waals surface area (Å²) in [4.78, 5) is 4.73. The topological polar surface area (TPSA) is 50.9 Å². The molecule has 1 atom stereocenters. The second-order valence-electron chi connectivity index (χ2n) is 4.82. The Kier molecular flexibility index (Phi) is 3.90. The second kappa shape index (κ2) is 5.99. The summed E-state index contributed by atoms with van der Waals surface area (Å²) in [5, 5.41) is 5.43. The van der Waals surface area contributed by atoms with Crippen molar-refractivity contribution >= 4 is 33.7 Å². The molecule has 3 nitrogen and oxygen atoms in total. The summed E-state index contributed by atoms with van der Waals surface area (Å²) in [6, 6.07) is 17.5. The van der Waals surface area contributed by atoms with Gasteiger partial charge in [-0.05, 0) is 29.1 Å². The van der Waals surface area contributed by atoms with Crippen molar-refractivity contribution in [2.45, 2.75) is 6.04 Å². The van der Waals surface area contributed by atoms with E-state index in [4.69, 9.17) is 18.0 Å². The summed E-state index contributed by atoms with van der Waals surface area (Å²) in [6.07, 6.45) is 3.62. The molecule has 3 aromatic rings. The van der Waals surface area contributed by atoms with Crippen LogP contribution < -0.4 is 11.1 Å². The highest BCUT2D eigenvalue weighted by molar-refractivity contribution is 7.80. The van der Waals surface area contributed by atoms with Gasteiger partial charge in [-0.2, -0.15) is 0 Å². The van der Waals surface area contributed by atoms with Crippen LogP contribution in [0.25, 0.3) is 10.8 Å². The molecule has 0 aliphatic carbocycles. The summed E-state index contributed by atoms with van der Waals surface area (Å²) >= 11 is 5.41. The summed E-state index contributed by atoms with van der Waals surface area (Å²) in [5.74, 6) is 0. The molecule has 0 aliphatic heterocycles. The molecule has 3 rings (SSSR count). The van der Waals surface area contributed by atoms with Crippen LogP contribution in [0.4, 0.5) is 5.69 Å². The fourth-order valence-electron chi connectivity index (χ4n) is 2.19. The van der Waals surface area contributed by atoms with E-state index in [9.17, 15) is 0 Å². The first kappa shape index (κ1) is 13.7. The molecule has 3 N–H and O–H groups in total. The van der Waals surface area contributed by atoms with Gasteiger partial charge >= 0.3 is 0 Å². The molecule has 1 heterocycles. The molecule has 0 radical (unpaired) electrons. The Bertz CT molecular complexity index is 771. The number of nitrogens with zero attached hydrogens (tertiary/aromatic N) is 1. The zero-order valence-corrected chi connectivity index (χ0v) is 12.2. The maximum Gasteiger partial charge on any atom is 0.101 e. The molecule has 0 amide bonds. The van der Waals surface area contributed by atoms with Gasteiger partial charge in [-0.1, -0.05) is 48.6 Å². The maximum atomic E-state index is 6.18. The number of benzene rings is 2. The van der Waals surface area contributed by atoms with Gasteiger partial charge < -0.3 is 11.1 Å². The highest BCUT2D eigenvalue weighted by atomic mass is 32.1. The minimum atomic E-state index is -0.314. The Balaban J connectivity index is 1.80. The van der Waals surface area contributed by atoms with Crippen molar-refractivity contribution in [3.8, 4) is 0 Å². The third-order valence-electron chi connectivity index (χ3n) is 3.35. The Labute approximate surface area is 128 Å². The average molecular weight is 293 g/mol. The number of hydrogen-bond acceptors (Lipinski definition) is 3. The van der Waals surface area contributed by atoms with Gasteiger partial charge in [-0.3, -0.25) is 4.98 Å². The quantitative estimate of drug-likeness (QED) is 0.723. The third-order valence-corrected chi connectivity index (χ3v) is 3.71. The molecular weight excluding hydrogens is 278 g/mol. The Morgan fingerprint density at radius 2 is 1.86 bits per heavy atom. The molecule has 0 aliphatic rings. The first-order valence-corrected chi connectivity index (χ1v) is 7.10. The lowest BCUT2D eigenvalue weighted by Crippen LogP contribution is -2.25. The molecule has 0 saturated heterocycles. The lowest BCUT2D eigenvalue weighted by molar-refractivity contribution is 0.974. The van der Waals surface area contributed by atoms with Crippen LogP contribution in [0.2, 0.25) is 0 Å². The van der Waals surface area contributed by atoms with Crippen LogP contribution in [0.1, 0.15) is 11.6 Å². The molecule has 1 unspecified atom stereocenters. The highest BCUT2D eigenvalue weighted by Gasteiger charge is 2.11. The van der Waals surface area contributed by atoms with Gasteiger partial charge in [0.1, 0.15) is 4.99 Å². The van der Waals surface area contributed by atoms with Crippen molar-refractivity contribution in [3.05, 3.63) is 72.6 Å². The number of anilines is 1. The molecule has 21 heavy (non-hydrogen) atoms. The van der Waals surface area contributed by atoms with Gasteiger partial charge in [-0.25, -0.2) is 0 Å². The highest BCUT2D eigenvalue weighted by Crippen LogP contribution is 2.20. The number of fused-ring (bicyclic) bond motifs is 1. The number of thiocarbonyl (C=S) groups is 1. The predicted molar refractivity (Wildman–Crippen MR) is 91.3 cm³/mol. The summed E-state index contributed by atoms with van der Waals surface area (Å²) < 4.78 is 0. The Morgan fingerprint density at radius 1 is 1.05 bits per heavy atom. The van der Waals surface area contributed by atoms with E-state index in [1.807, 2.05) is 60.8 Å². The van der Waals surface area contributed by atoms with Crippen LogP contribution in [-0.4, -0.2) is 9.97 Å². The number of nitrogens with two attached hydrogens (primary N) is 1. The van der Waals surface area contributed by atoms with E-state index in [1.54, 1.807) is 6.20 Å². The molecule has 0 spiro atoms. The SMILES string of the molecule is NC(C(=S)Nc1ccc2ccncc2c1)c1ccccc1. The second-order valence-corrected chi connectivity index (χ2v) is 5.26. The van der Waals surface area contributed by atoms with Gasteiger partial charge in [0, 0.05) is 23.5 Å². The molecule has 0 fully saturated rings. The maximum absolute atomic E-state index is 6.18. The van der Waals surface area contributed by atoms with Gasteiger partial charge in [0.15, 0.2) is 0 Å². The molecular formula is C17H15N3S. The van der Waals surface area contributed by atoms with Crippen molar-refractivity contribution in [2.75, 3.05) is 5.32 Å². The van der Waals surface area contributed by atoms with Crippen LogP contribution in [0.5, 0.6) is 0 Å². The van der Waals surface area contributed by atoms with Crippen LogP contribution >= 0.6 is 12.2 Å². The van der Waals surface area contributed by atoms with Crippen molar-refractivity contribution in [3.63, 3.8) is 0 Å². The summed E-state index contributed by atoms with van der Waals surface area (Å²) in [5.41, 5.74) is 8.10. The van der Waals surface area contributed by atoms with E-state index in [2.05, 4.69) is 10.3 Å². The fourth-order valence-corrected chi connectivity index (χ4v) is 2.45. The van der Waals surface area contributed by atoms with Crippen molar-refractivity contribution in [1.82, 2.24) is 4.98 Å². The van der Waals surface area contributed by atoms with Crippen LogP contribution in [-0.2, 0) is 0 Å². The predicted octanol–water partition coefficient (Wildman–Crippen LogP) is 3.67. The minimum absolute atomic E-state index is 0.314. The largest absolute Gasteiger partial charge is 0.348 e. The standard InChI is InChI=1S/C17H15N3S/c18-16(13-4-2-1-3-5-13)17(21)20-15-7-6-12-8-9-19-11-14(12)10-15/h1-11,16H,18H2,(H,20,21). The molecule has 0 saturated carbocycles. The Hall–Kier alpha value is -2.30. The first-order valence-electron chi connectivity index (χ1n) is 6.69. The van der Waals surface area contributed by atoms with Crippen LogP contribution in [0.3, 0.4) is 0 Å². The third kappa shape index (κ3) is 3.07. The summed E-state index contributed by atoms with van der Waals surface area (Å²) in [6.45, 7) is 0. The number of aromatic nitrogens is 1. The van der Waals surface area contributed by atoms with E-state index in [0.29, 0.717) is 4.99 Å². The van der Waals surface area contributed by atoms with Crippen LogP contribution in [0, 0.1) is 0 Å². The van der Waals surface area contributed by atoms with Gasteiger partial charge in [0.2, 0.25) is 0 Å². The van der Waals surface area contributed by atoms with E-state index in [1.165, 1.54) is 0 Å². The van der Waals surface area contributed by atoms with E-state index in [-0.39, 0.29) is 6.04 Å². The van der Waals surface area contributed by atoms with E-state index in [0.717, 1.165) is 22.0 Å². The lowest BCUT2D eigenvalue weighted by Gasteiger charge is -2.15. The average Bonchev–Trinajstić information content (AvgIpc) is 2.55. The van der Waals surface area contributed by atoms with E-state index >= 15 is 0 Å². The first-order chi connectivity index (χ1) is 10.2. The Morgan fingerprint density at radius 3 is 2.67 bits per heavy atom. The van der Waals surface area contributed by atoms with Gasteiger partial charge in [0.05, 0.1) is 6.04 Å². The van der Waals surface area contributed by atoms with Crippen molar-refractivity contribution in [2.24, 2.45) is 5.73 Å². The number of hydrogen-bond donors (Lipinski definition) is 2. The van der Waals surface area contributed by atoms with Gasteiger partial charge in [-0.15, -0.1) is 0 Å². The molecule has 104 valence electrons. The summed E-state index contributed by atoms with van der Waals surface area (Å²) in [7, 11) is 0. The van der Waals surface area contributed by atoms with E-state index < -0.39 is 0 Å². The number of nitrogens with one attached hydrogen (secondary N) is 1. The van der Waals surface area contributed by atoms with Gasteiger partial charge in [0.25, 0.3) is 0 Å². The molecule has 1 aromatic heterocycles.